The van der Waals surface area contributed by atoms with Crippen molar-refractivity contribution in [2.75, 3.05) is 19.6 Å². The molecule has 2 amide bonds. The number of nitrogens with zero attached hydrogens (tertiary/aromatic N) is 2. The van der Waals surface area contributed by atoms with Gasteiger partial charge in [0.05, 0.1) is 17.1 Å². The van der Waals surface area contributed by atoms with E-state index >= 15 is 0 Å². The molecule has 6 nitrogen and oxygen atoms in total. The van der Waals surface area contributed by atoms with E-state index < -0.39 is 11.7 Å². The number of piperidine rings is 1. The second kappa shape index (κ2) is 11.7. The van der Waals surface area contributed by atoms with E-state index in [1.165, 1.54) is 18.3 Å². The van der Waals surface area contributed by atoms with E-state index in [1.54, 1.807) is 16.3 Å². The topological polar surface area (TPSA) is 74.3 Å². The van der Waals surface area contributed by atoms with Crippen LogP contribution in [0.1, 0.15) is 46.7 Å². The number of alkyl halides is 3. The lowest BCUT2D eigenvalue weighted by Crippen LogP contribution is -2.42. The van der Waals surface area contributed by atoms with Crippen molar-refractivity contribution < 1.29 is 22.8 Å². The Balaban J connectivity index is 1.45. The van der Waals surface area contributed by atoms with Crippen LogP contribution in [0.4, 0.5) is 13.2 Å². The Hall–Kier alpha value is -2.85. The maximum atomic E-state index is 12.6. The Labute approximate surface area is 210 Å². The van der Waals surface area contributed by atoms with E-state index in [9.17, 15) is 22.8 Å². The first-order valence-corrected chi connectivity index (χ1v) is 12.2. The third kappa shape index (κ3) is 7.57. The summed E-state index contributed by atoms with van der Waals surface area (Å²) in [5.41, 5.74) is 0.415. The van der Waals surface area contributed by atoms with Gasteiger partial charge >= 0.3 is 6.18 Å². The van der Waals surface area contributed by atoms with Crippen LogP contribution < -0.4 is 10.6 Å². The summed E-state index contributed by atoms with van der Waals surface area (Å²) in [5, 5.41) is 8.70. The molecular formula is C24H26ClF3N4O2S. The van der Waals surface area contributed by atoms with Gasteiger partial charge in [0.1, 0.15) is 5.69 Å². The van der Waals surface area contributed by atoms with E-state index in [0.29, 0.717) is 43.2 Å². The first kappa shape index (κ1) is 26.7. The minimum absolute atomic E-state index is 0.0921. The summed E-state index contributed by atoms with van der Waals surface area (Å²) in [6.45, 7) is 5.68. The minimum Gasteiger partial charge on any atom is -0.380 e. The van der Waals surface area contributed by atoms with Gasteiger partial charge in [-0.1, -0.05) is 36.4 Å². The molecule has 1 aliphatic heterocycles. The summed E-state index contributed by atoms with van der Waals surface area (Å²) in [6.07, 6.45) is -2.23. The number of aromatic nitrogens is 1. The SMILES string of the molecule is C=C(/C=C(/C)NCC(=O)N1CCC(c2nc(C(=O)NCc3ccccc3Cl)cs2)CC1)C(F)(F)F. The van der Waals surface area contributed by atoms with E-state index in [-0.39, 0.29) is 30.0 Å². The first-order valence-electron chi connectivity index (χ1n) is 11.0. The van der Waals surface area contributed by atoms with Gasteiger partial charge in [0.15, 0.2) is 0 Å². The second-order valence-electron chi connectivity index (χ2n) is 8.20. The van der Waals surface area contributed by atoms with Crippen LogP contribution >= 0.6 is 22.9 Å². The largest absolute Gasteiger partial charge is 0.415 e. The monoisotopic (exact) mass is 526 g/mol. The molecule has 0 saturated carbocycles. The summed E-state index contributed by atoms with van der Waals surface area (Å²) >= 11 is 7.54. The average Bonchev–Trinajstić information content (AvgIpc) is 3.32. The quantitative estimate of drug-likeness (QED) is 0.472. The Bertz CT molecular complexity index is 1110. The van der Waals surface area contributed by atoms with Crippen molar-refractivity contribution in [1.82, 2.24) is 20.5 Å². The number of nitrogens with one attached hydrogen (secondary N) is 2. The van der Waals surface area contributed by atoms with Crippen LogP contribution in [0.15, 0.2) is 53.6 Å². The molecule has 0 atom stereocenters. The van der Waals surface area contributed by atoms with Crippen molar-refractivity contribution in [2.24, 2.45) is 0 Å². The van der Waals surface area contributed by atoms with Crippen LogP contribution in [0.2, 0.25) is 5.02 Å². The minimum atomic E-state index is -4.50. The molecule has 1 aliphatic rings. The average molecular weight is 527 g/mol. The molecule has 35 heavy (non-hydrogen) atoms. The molecule has 11 heteroatoms. The highest BCUT2D eigenvalue weighted by Crippen LogP contribution is 2.30. The Morgan fingerprint density at radius 1 is 1.26 bits per heavy atom. The van der Waals surface area contributed by atoms with Crippen LogP contribution in [-0.4, -0.2) is 47.5 Å². The molecule has 0 unspecified atom stereocenters. The predicted molar refractivity (Wildman–Crippen MR) is 130 cm³/mol. The highest BCUT2D eigenvalue weighted by Gasteiger charge is 2.30. The standard InChI is InChI=1S/C24H26ClF3N4O2S/c1-15(24(26,27)28)11-16(2)29-13-21(33)32-9-7-17(8-10-32)23-31-20(14-35-23)22(34)30-12-18-5-3-4-6-19(18)25/h3-6,11,14,17,29H,1,7-10,12-13H2,2H3,(H,30,34)/b16-11-. The van der Waals surface area contributed by atoms with Crippen LogP contribution in [0.5, 0.6) is 0 Å². The molecular weight excluding hydrogens is 501 g/mol. The second-order valence-corrected chi connectivity index (χ2v) is 9.50. The van der Waals surface area contributed by atoms with Crippen molar-refractivity contribution in [3.63, 3.8) is 0 Å². The summed E-state index contributed by atoms with van der Waals surface area (Å²) in [5.74, 6) is -0.325. The maximum Gasteiger partial charge on any atom is 0.415 e. The zero-order chi connectivity index (χ0) is 25.6. The van der Waals surface area contributed by atoms with Gasteiger partial charge < -0.3 is 15.5 Å². The molecule has 1 aromatic heterocycles. The highest BCUT2D eigenvalue weighted by atomic mass is 35.5. The van der Waals surface area contributed by atoms with E-state index in [2.05, 4.69) is 22.2 Å². The lowest BCUT2D eigenvalue weighted by molar-refractivity contribution is -0.131. The molecule has 0 aliphatic carbocycles. The lowest BCUT2D eigenvalue weighted by Gasteiger charge is -2.31. The summed E-state index contributed by atoms with van der Waals surface area (Å²) in [4.78, 5) is 31.1. The molecule has 188 valence electrons. The van der Waals surface area contributed by atoms with Crippen molar-refractivity contribution >= 4 is 34.8 Å². The number of thiazole rings is 1. The highest BCUT2D eigenvalue weighted by molar-refractivity contribution is 7.09. The number of hydrogen-bond donors (Lipinski definition) is 2. The molecule has 2 heterocycles. The predicted octanol–water partition coefficient (Wildman–Crippen LogP) is 5.04. The summed E-state index contributed by atoms with van der Waals surface area (Å²) in [6, 6.07) is 7.28. The fourth-order valence-corrected chi connectivity index (χ4v) is 4.76. The third-order valence-corrected chi connectivity index (χ3v) is 7.00. The Morgan fingerprint density at radius 3 is 2.60 bits per heavy atom. The molecule has 2 aromatic rings. The lowest BCUT2D eigenvalue weighted by atomic mass is 9.97. The van der Waals surface area contributed by atoms with Gasteiger partial charge in [0.2, 0.25) is 5.91 Å². The van der Waals surface area contributed by atoms with Crippen molar-refractivity contribution in [1.29, 1.82) is 0 Å². The van der Waals surface area contributed by atoms with Crippen LogP contribution in [-0.2, 0) is 11.3 Å². The van der Waals surface area contributed by atoms with Gasteiger partial charge in [-0.25, -0.2) is 4.98 Å². The number of likely N-dealkylation sites (tertiary alicyclic amines) is 1. The normalized spacial score (nSPS) is 15.1. The van der Waals surface area contributed by atoms with Gasteiger partial charge in [0.25, 0.3) is 5.91 Å². The van der Waals surface area contributed by atoms with Gasteiger partial charge in [-0.3, -0.25) is 9.59 Å². The molecule has 1 saturated heterocycles. The number of carbonyl (C=O) groups is 2. The summed E-state index contributed by atoms with van der Waals surface area (Å²) in [7, 11) is 0. The zero-order valence-corrected chi connectivity index (χ0v) is 20.7. The number of hydrogen-bond acceptors (Lipinski definition) is 5. The molecule has 0 bridgehead atoms. The van der Waals surface area contributed by atoms with Gasteiger partial charge in [-0.15, -0.1) is 11.3 Å². The molecule has 3 rings (SSSR count). The number of benzene rings is 1. The van der Waals surface area contributed by atoms with Crippen LogP contribution in [0, 0.1) is 0 Å². The fraction of sp³-hybridized carbons (Fsp3) is 0.375. The Morgan fingerprint density at radius 2 is 1.94 bits per heavy atom. The first-order chi connectivity index (χ1) is 16.5. The van der Waals surface area contributed by atoms with Crippen molar-refractivity contribution in [2.45, 2.75) is 38.4 Å². The van der Waals surface area contributed by atoms with Gasteiger partial charge in [0, 0.05) is 41.7 Å². The smallest absolute Gasteiger partial charge is 0.380 e. The summed E-state index contributed by atoms with van der Waals surface area (Å²) < 4.78 is 37.7. The number of carbonyl (C=O) groups excluding carboxylic acids is 2. The molecule has 2 N–H and O–H groups in total. The van der Waals surface area contributed by atoms with E-state index in [0.717, 1.165) is 16.6 Å². The molecule has 0 spiro atoms. The molecule has 1 fully saturated rings. The maximum absolute atomic E-state index is 12.6. The number of amides is 2. The number of rotatable bonds is 8. The van der Waals surface area contributed by atoms with Gasteiger partial charge in [-0.2, -0.15) is 13.2 Å². The van der Waals surface area contributed by atoms with Crippen molar-refractivity contribution in [3.05, 3.63) is 74.9 Å². The zero-order valence-electron chi connectivity index (χ0n) is 19.1. The fourth-order valence-electron chi connectivity index (χ4n) is 3.58. The van der Waals surface area contributed by atoms with Crippen LogP contribution in [0.3, 0.4) is 0 Å². The number of allylic oxidation sites excluding steroid dienone is 3. The Kier molecular flexibility index (Phi) is 8.96. The van der Waals surface area contributed by atoms with Crippen molar-refractivity contribution in [3.8, 4) is 0 Å². The van der Waals surface area contributed by atoms with E-state index in [1.807, 2.05) is 18.2 Å². The van der Waals surface area contributed by atoms with E-state index in [4.69, 9.17) is 11.6 Å². The molecule has 1 aromatic carbocycles. The molecule has 0 radical (unpaired) electrons. The third-order valence-electron chi connectivity index (χ3n) is 5.62. The number of halogens is 4. The van der Waals surface area contributed by atoms with Crippen LogP contribution in [0.25, 0.3) is 0 Å². The van der Waals surface area contributed by atoms with Gasteiger partial charge in [-0.05, 0) is 37.5 Å².